The molecule has 2 aromatic rings. The van der Waals surface area contributed by atoms with Crippen molar-refractivity contribution in [3.05, 3.63) is 71.8 Å². The molecule has 6 heteroatoms. The maximum atomic E-state index is 11.9. The van der Waals surface area contributed by atoms with Crippen LogP contribution in [-0.2, 0) is 9.59 Å². The summed E-state index contributed by atoms with van der Waals surface area (Å²) in [7, 11) is 0. The third-order valence-electron chi connectivity index (χ3n) is 3.58. The lowest BCUT2D eigenvalue weighted by Crippen LogP contribution is -2.32. The number of carbonyl (C=O) groups is 2. The summed E-state index contributed by atoms with van der Waals surface area (Å²) in [6.45, 7) is 7.89. The van der Waals surface area contributed by atoms with Gasteiger partial charge in [-0.2, -0.15) is 5.10 Å². The maximum Gasteiger partial charge on any atom is 0.329 e. The molecule has 2 rings (SSSR count). The average Bonchev–Trinajstić information content (AvgIpc) is 2.63. The Hall–Kier alpha value is -3.41. The van der Waals surface area contributed by atoms with Gasteiger partial charge in [-0.05, 0) is 54.8 Å². The first-order valence-electron chi connectivity index (χ1n) is 8.05. The van der Waals surface area contributed by atoms with Crippen LogP contribution < -0.4 is 15.5 Å². The van der Waals surface area contributed by atoms with Crippen LogP contribution >= 0.6 is 0 Å². The number of ether oxygens (including phenoxy) is 1. The summed E-state index contributed by atoms with van der Waals surface area (Å²) < 4.78 is 5.41. The number of aryl methyl sites for hydroxylation is 2. The molecule has 0 aromatic heterocycles. The van der Waals surface area contributed by atoms with Crippen molar-refractivity contribution in [3.8, 4) is 5.75 Å². The summed E-state index contributed by atoms with van der Waals surface area (Å²) >= 11 is 0. The topological polar surface area (TPSA) is 79.8 Å². The maximum absolute atomic E-state index is 11.9. The fraction of sp³-hybridized carbons (Fsp3) is 0.150. The summed E-state index contributed by atoms with van der Waals surface area (Å²) in [5.74, 6) is -0.973. The number of hydrogen-bond acceptors (Lipinski definition) is 4. The molecule has 2 aromatic carbocycles. The normalized spacial score (nSPS) is 10.4. The van der Waals surface area contributed by atoms with E-state index in [1.54, 1.807) is 42.5 Å². The molecule has 0 saturated carbocycles. The fourth-order valence-corrected chi connectivity index (χ4v) is 2.06. The van der Waals surface area contributed by atoms with E-state index in [0.717, 1.165) is 16.7 Å². The molecule has 0 radical (unpaired) electrons. The van der Waals surface area contributed by atoms with Gasteiger partial charge in [-0.25, -0.2) is 5.43 Å². The lowest BCUT2D eigenvalue weighted by atomic mass is 10.1. The van der Waals surface area contributed by atoms with Crippen LogP contribution in [0, 0.1) is 13.8 Å². The van der Waals surface area contributed by atoms with Gasteiger partial charge in [0.05, 0.1) is 6.21 Å². The quantitative estimate of drug-likeness (QED) is 0.363. The van der Waals surface area contributed by atoms with Crippen molar-refractivity contribution in [3.63, 3.8) is 0 Å². The summed E-state index contributed by atoms with van der Waals surface area (Å²) in [6.07, 6.45) is 3.08. The summed E-state index contributed by atoms with van der Waals surface area (Å²) in [5, 5.41) is 6.33. The van der Waals surface area contributed by atoms with Crippen LogP contribution in [0.4, 0.5) is 5.69 Å². The number of hydrazone groups is 1. The van der Waals surface area contributed by atoms with Gasteiger partial charge in [-0.15, -0.1) is 0 Å². The zero-order chi connectivity index (χ0) is 18.9. The standard InChI is InChI=1S/C20H21N3O3/c1-4-10-26-18-7-5-6-16(12-18)13-21-23-20(25)19(24)22-17-9-8-14(2)15(3)11-17/h4-9,11-13H,1,10H2,2-3H3,(H,22,24)(H,23,25)/b21-13+. The SMILES string of the molecule is C=CCOc1cccc(/C=N/NC(=O)C(=O)Nc2ccc(C)c(C)c2)c1. The highest BCUT2D eigenvalue weighted by Crippen LogP contribution is 2.14. The third kappa shape index (κ3) is 5.59. The second-order valence-electron chi connectivity index (χ2n) is 5.62. The molecule has 0 atom stereocenters. The van der Waals surface area contributed by atoms with E-state index in [1.807, 2.05) is 19.9 Å². The van der Waals surface area contributed by atoms with E-state index in [1.165, 1.54) is 6.21 Å². The largest absolute Gasteiger partial charge is 0.490 e. The average molecular weight is 351 g/mol. The van der Waals surface area contributed by atoms with Gasteiger partial charge >= 0.3 is 11.8 Å². The van der Waals surface area contributed by atoms with Gasteiger partial charge in [0.2, 0.25) is 0 Å². The highest BCUT2D eigenvalue weighted by molar-refractivity contribution is 6.39. The fourth-order valence-electron chi connectivity index (χ4n) is 2.06. The number of carbonyl (C=O) groups excluding carboxylic acids is 2. The Labute approximate surface area is 152 Å². The molecule has 0 bridgehead atoms. The molecule has 0 aliphatic carbocycles. The number of benzene rings is 2. The van der Waals surface area contributed by atoms with Gasteiger partial charge in [0, 0.05) is 5.69 Å². The van der Waals surface area contributed by atoms with E-state index in [2.05, 4.69) is 22.4 Å². The van der Waals surface area contributed by atoms with Crippen LogP contribution in [-0.4, -0.2) is 24.6 Å². The molecule has 6 nitrogen and oxygen atoms in total. The minimum atomic E-state index is -0.849. The molecule has 0 aliphatic heterocycles. The first-order chi connectivity index (χ1) is 12.5. The predicted molar refractivity (Wildman–Crippen MR) is 102 cm³/mol. The second kappa shape index (κ2) is 9.17. The molecule has 0 fully saturated rings. The number of nitrogens with one attached hydrogen (secondary N) is 2. The van der Waals surface area contributed by atoms with Crippen molar-refractivity contribution in [2.24, 2.45) is 5.10 Å². The zero-order valence-electron chi connectivity index (χ0n) is 14.8. The van der Waals surface area contributed by atoms with Crippen LogP contribution in [0.1, 0.15) is 16.7 Å². The van der Waals surface area contributed by atoms with Gasteiger partial charge in [0.25, 0.3) is 0 Å². The van der Waals surface area contributed by atoms with Crippen molar-refractivity contribution >= 4 is 23.7 Å². The van der Waals surface area contributed by atoms with Crippen molar-refractivity contribution in [2.45, 2.75) is 13.8 Å². The molecular weight excluding hydrogens is 330 g/mol. The Kier molecular flexibility index (Phi) is 6.68. The lowest BCUT2D eigenvalue weighted by molar-refractivity contribution is -0.136. The van der Waals surface area contributed by atoms with Crippen molar-refractivity contribution < 1.29 is 14.3 Å². The predicted octanol–water partition coefficient (Wildman–Crippen LogP) is 2.96. The molecule has 2 N–H and O–H groups in total. The molecule has 26 heavy (non-hydrogen) atoms. The van der Waals surface area contributed by atoms with Gasteiger partial charge < -0.3 is 10.1 Å². The Morgan fingerprint density at radius 3 is 2.65 bits per heavy atom. The van der Waals surface area contributed by atoms with Crippen molar-refractivity contribution in [2.75, 3.05) is 11.9 Å². The summed E-state index contributed by atoms with van der Waals surface area (Å²) in [6, 6.07) is 12.6. The summed E-state index contributed by atoms with van der Waals surface area (Å²) in [4.78, 5) is 23.7. The van der Waals surface area contributed by atoms with Gasteiger partial charge in [0.15, 0.2) is 0 Å². The molecule has 0 unspecified atom stereocenters. The minimum Gasteiger partial charge on any atom is -0.490 e. The monoisotopic (exact) mass is 351 g/mol. The van der Waals surface area contributed by atoms with E-state index in [0.29, 0.717) is 18.0 Å². The molecule has 0 heterocycles. The van der Waals surface area contributed by atoms with Crippen LogP contribution in [0.3, 0.4) is 0 Å². The number of anilines is 1. The van der Waals surface area contributed by atoms with E-state index < -0.39 is 11.8 Å². The zero-order valence-corrected chi connectivity index (χ0v) is 14.8. The van der Waals surface area contributed by atoms with Crippen LogP contribution in [0.2, 0.25) is 0 Å². The third-order valence-corrected chi connectivity index (χ3v) is 3.58. The number of nitrogens with zero attached hydrogens (tertiary/aromatic N) is 1. The van der Waals surface area contributed by atoms with E-state index in [9.17, 15) is 9.59 Å². The first-order valence-corrected chi connectivity index (χ1v) is 8.05. The van der Waals surface area contributed by atoms with E-state index >= 15 is 0 Å². The Balaban J connectivity index is 1.90. The van der Waals surface area contributed by atoms with E-state index in [4.69, 9.17) is 4.74 Å². The summed E-state index contributed by atoms with van der Waals surface area (Å²) in [5.41, 5.74) is 5.62. The van der Waals surface area contributed by atoms with Crippen LogP contribution in [0.5, 0.6) is 5.75 Å². The number of hydrogen-bond donors (Lipinski definition) is 2. The lowest BCUT2D eigenvalue weighted by Gasteiger charge is -2.06. The Morgan fingerprint density at radius 1 is 1.12 bits per heavy atom. The van der Waals surface area contributed by atoms with Gasteiger partial charge in [-0.3, -0.25) is 9.59 Å². The van der Waals surface area contributed by atoms with Crippen LogP contribution in [0.15, 0.2) is 60.2 Å². The molecule has 134 valence electrons. The minimum absolute atomic E-state index is 0.399. The Bertz CT molecular complexity index is 844. The van der Waals surface area contributed by atoms with E-state index in [-0.39, 0.29) is 0 Å². The van der Waals surface area contributed by atoms with Crippen LogP contribution in [0.25, 0.3) is 0 Å². The van der Waals surface area contributed by atoms with Gasteiger partial charge in [-0.1, -0.05) is 30.9 Å². The van der Waals surface area contributed by atoms with Crippen molar-refractivity contribution in [1.29, 1.82) is 0 Å². The second-order valence-corrected chi connectivity index (χ2v) is 5.62. The number of rotatable bonds is 6. The molecule has 0 saturated heterocycles. The highest BCUT2D eigenvalue weighted by atomic mass is 16.5. The van der Waals surface area contributed by atoms with Crippen molar-refractivity contribution in [1.82, 2.24) is 5.43 Å². The molecule has 0 aliphatic rings. The first kappa shape index (κ1) is 18.9. The Morgan fingerprint density at radius 2 is 1.92 bits per heavy atom. The van der Waals surface area contributed by atoms with Gasteiger partial charge in [0.1, 0.15) is 12.4 Å². The smallest absolute Gasteiger partial charge is 0.329 e. The molecule has 0 spiro atoms. The molecule has 2 amide bonds. The number of amides is 2. The molecular formula is C20H21N3O3. The highest BCUT2D eigenvalue weighted by Gasteiger charge is 2.13.